The molecule has 0 aliphatic heterocycles. The van der Waals surface area contributed by atoms with Crippen LogP contribution in [0.2, 0.25) is 0 Å². The van der Waals surface area contributed by atoms with Crippen molar-refractivity contribution in [1.82, 2.24) is 4.98 Å². The van der Waals surface area contributed by atoms with Gasteiger partial charge in [0.15, 0.2) is 0 Å². The Balaban J connectivity index is 1.83. The fraction of sp³-hybridized carbons (Fsp3) is 0.0714. The van der Waals surface area contributed by atoms with E-state index in [-0.39, 0.29) is 0 Å². The lowest BCUT2D eigenvalue weighted by molar-refractivity contribution is 1.11. The molecule has 0 aliphatic rings. The van der Waals surface area contributed by atoms with Crippen LogP contribution in [0.3, 0.4) is 0 Å². The summed E-state index contributed by atoms with van der Waals surface area (Å²) in [5.41, 5.74) is 2.09. The molecule has 102 valence electrons. The second-order valence-electron chi connectivity index (χ2n) is 4.17. The minimum atomic E-state index is 0.707. The lowest BCUT2D eigenvalue weighted by Crippen LogP contribution is -2.00. The molecule has 0 aliphatic carbocycles. The normalized spacial score (nSPS) is 10.9. The highest BCUT2D eigenvalue weighted by Crippen LogP contribution is 2.35. The van der Waals surface area contributed by atoms with E-state index < -0.39 is 0 Å². The first kappa shape index (κ1) is 14.5. The minimum absolute atomic E-state index is 0.707. The first-order valence-corrected chi connectivity index (χ1v) is 9.06. The average Bonchev–Trinajstić information content (AvgIpc) is 2.80. The number of para-hydroxylation sites is 1. The quantitative estimate of drug-likeness (QED) is 0.487. The van der Waals surface area contributed by atoms with Gasteiger partial charge in [0.2, 0.25) is 0 Å². The van der Waals surface area contributed by atoms with Gasteiger partial charge in [0.1, 0.15) is 5.01 Å². The Bertz CT molecular complexity index is 714. The van der Waals surface area contributed by atoms with Gasteiger partial charge in [-0.05, 0) is 56.1 Å². The van der Waals surface area contributed by atoms with Crippen LogP contribution in [0.1, 0.15) is 5.01 Å². The number of aromatic nitrogens is 1. The van der Waals surface area contributed by atoms with E-state index in [1.165, 1.54) is 4.70 Å². The molecule has 0 radical (unpaired) electrons. The molecule has 0 spiro atoms. The van der Waals surface area contributed by atoms with Gasteiger partial charge in [0.05, 0.1) is 22.4 Å². The summed E-state index contributed by atoms with van der Waals surface area (Å²) in [6, 6.07) is 12.2. The van der Waals surface area contributed by atoms with E-state index in [1.54, 1.807) is 11.3 Å². The molecule has 2 aromatic carbocycles. The number of thiazole rings is 1. The van der Waals surface area contributed by atoms with Gasteiger partial charge < -0.3 is 5.32 Å². The van der Waals surface area contributed by atoms with Gasteiger partial charge in [-0.3, -0.25) is 0 Å². The molecule has 1 N–H and O–H groups in total. The zero-order valence-electron chi connectivity index (χ0n) is 10.2. The highest BCUT2D eigenvalue weighted by molar-refractivity contribution is 9.11. The predicted molar refractivity (Wildman–Crippen MR) is 96.5 cm³/mol. The van der Waals surface area contributed by atoms with Crippen LogP contribution < -0.4 is 5.32 Å². The molecule has 6 heteroatoms. The second-order valence-corrected chi connectivity index (χ2v) is 7.91. The number of benzene rings is 2. The van der Waals surface area contributed by atoms with E-state index >= 15 is 0 Å². The van der Waals surface area contributed by atoms with Crippen LogP contribution in [-0.2, 0) is 6.54 Å². The van der Waals surface area contributed by atoms with Crippen molar-refractivity contribution >= 4 is 75.0 Å². The van der Waals surface area contributed by atoms with Crippen molar-refractivity contribution in [1.29, 1.82) is 0 Å². The maximum absolute atomic E-state index is 4.62. The summed E-state index contributed by atoms with van der Waals surface area (Å²) in [7, 11) is 0. The number of fused-ring (bicyclic) bond motifs is 1. The van der Waals surface area contributed by atoms with Crippen molar-refractivity contribution in [2.75, 3.05) is 5.32 Å². The summed E-state index contributed by atoms with van der Waals surface area (Å²) in [6.07, 6.45) is 0. The largest absolute Gasteiger partial charge is 0.377 e. The average molecular weight is 477 g/mol. The number of anilines is 1. The van der Waals surface area contributed by atoms with Crippen LogP contribution >= 0.6 is 59.1 Å². The summed E-state index contributed by atoms with van der Waals surface area (Å²) in [4.78, 5) is 4.62. The summed E-state index contributed by atoms with van der Waals surface area (Å²) in [6.45, 7) is 0.707. The fourth-order valence-electron chi connectivity index (χ4n) is 1.87. The molecule has 0 fully saturated rings. The van der Waals surface area contributed by atoms with Crippen LogP contribution in [0.4, 0.5) is 5.69 Å². The molecule has 2 nitrogen and oxygen atoms in total. The Hall–Kier alpha value is -0.430. The number of hydrogen-bond acceptors (Lipinski definition) is 3. The maximum Gasteiger partial charge on any atom is 0.113 e. The Morgan fingerprint density at radius 3 is 2.45 bits per heavy atom. The number of rotatable bonds is 3. The third-order valence-electron chi connectivity index (χ3n) is 2.76. The van der Waals surface area contributed by atoms with Gasteiger partial charge in [-0.15, -0.1) is 11.3 Å². The summed E-state index contributed by atoms with van der Waals surface area (Å²) < 4.78 is 4.28. The minimum Gasteiger partial charge on any atom is -0.377 e. The molecule has 1 heterocycles. The van der Waals surface area contributed by atoms with Crippen LogP contribution in [0.5, 0.6) is 0 Å². The molecule has 3 aromatic rings. The van der Waals surface area contributed by atoms with Crippen LogP contribution in [0, 0.1) is 0 Å². The lowest BCUT2D eigenvalue weighted by atomic mass is 10.3. The monoisotopic (exact) mass is 474 g/mol. The molecule has 0 bridgehead atoms. The van der Waals surface area contributed by atoms with Crippen molar-refractivity contribution in [2.24, 2.45) is 0 Å². The van der Waals surface area contributed by atoms with Crippen molar-refractivity contribution in [3.8, 4) is 0 Å². The van der Waals surface area contributed by atoms with Crippen LogP contribution in [0.25, 0.3) is 10.2 Å². The van der Waals surface area contributed by atoms with E-state index in [1.807, 2.05) is 30.3 Å². The first-order chi connectivity index (χ1) is 9.63. The summed E-state index contributed by atoms with van der Waals surface area (Å²) in [5, 5.41) is 4.50. The molecule has 0 amide bonds. The molecule has 20 heavy (non-hydrogen) atoms. The highest BCUT2D eigenvalue weighted by atomic mass is 79.9. The van der Waals surface area contributed by atoms with E-state index in [4.69, 9.17) is 0 Å². The van der Waals surface area contributed by atoms with Crippen molar-refractivity contribution in [2.45, 2.75) is 6.54 Å². The van der Waals surface area contributed by atoms with E-state index in [9.17, 15) is 0 Å². The SMILES string of the molecule is Brc1cc(Br)c(NCc2nc3ccccc3s2)c(Br)c1. The molecule has 0 saturated heterocycles. The second kappa shape index (κ2) is 6.13. The zero-order chi connectivity index (χ0) is 14.1. The zero-order valence-corrected chi connectivity index (χ0v) is 15.7. The molecular formula is C14H9Br3N2S. The molecule has 0 atom stereocenters. The first-order valence-electron chi connectivity index (χ1n) is 5.86. The van der Waals surface area contributed by atoms with E-state index in [2.05, 4.69) is 64.2 Å². The number of halogens is 3. The highest BCUT2D eigenvalue weighted by Gasteiger charge is 2.08. The third-order valence-corrected chi connectivity index (χ3v) is 5.51. The van der Waals surface area contributed by atoms with Gasteiger partial charge in [0, 0.05) is 13.4 Å². The summed E-state index contributed by atoms with van der Waals surface area (Å²) >= 11 is 12.3. The third kappa shape index (κ3) is 3.08. The molecular weight excluding hydrogens is 468 g/mol. The van der Waals surface area contributed by atoms with Crippen LogP contribution in [-0.4, -0.2) is 4.98 Å². The molecule has 0 unspecified atom stereocenters. The number of nitrogens with one attached hydrogen (secondary N) is 1. The summed E-state index contributed by atoms with van der Waals surface area (Å²) in [5.74, 6) is 0. The predicted octanol–water partition coefficient (Wildman–Crippen LogP) is 6.20. The Morgan fingerprint density at radius 1 is 1.05 bits per heavy atom. The molecule has 3 rings (SSSR count). The van der Waals surface area contributed by atoms with Crippen LogP contribution in [0.15, 0.2) is 49.8 Å². The van der Waals surface area contributed by atoms with Gasteiger partial charge in [0.25, 0.3) is 0 Å². The van der Waals surface area contributed by atoms with Crippen molar-refractivity contribution in [3.63, 3.8) is 0 Å². The number of hydrogen-bond donors (Lipinski definition) is 1. The standard InChI is InChI=1S/C14H9Br3N2S/c15-8-5-9(16)14(10(17)6-8)18-7-13-19-11-3-1-2-4-12(11)20-13/h1-6,18H,7H2. The van der Waals surface area contributed by atoms with Crippen molar-refractivity contribution < 1.29 is 0 Å². The fourth-order valence-corrected chi connectivity index (χ4v) is 5.32. The smallest absolute Gasteiger partial charge is 0.113 e. The Morgan fingerprint density at radius 2 is 1.75 bits per heavy atom. The van der Waals surface area contributed by atoms with Crippen molar-refractivity contribution in [3.05, 3.63) is 54.8 Å². The Kier molecular flexibility index (Phi) is 4.45. The van der Waals surface area contributed by atoms with Gasteiger partial charge in [-0.1, -0.05) is 28.1 Å². The molecule has 0 saturated carbocycles. The van der Waals surface area contributed by atoms with Gasteiger partial charge >= 0.3 is 0 Å². The van der Waals surface area contributed by atoms with Gasteiger partial charge in [-0.2, -0.15) is 0 Å². The topological polar surface area (TPSA) is 24.9 Å². The molecule has 1 aromatic heterocycles. The number of nitrogens with zero attached hydrogens (tertiary/aromatic N) is 1. The lowest BCUT2D eigenvalue weighted by Gasteiger charge is -2.10. The Labute approximate surface area is 146 Å². The van der Waals surface area contributed by atoms with E-state index in [0.717, 1.165) is 29.6 Å². The van der Waals surface area contributed by atoms with E-state index in [0.29, 0.717) is 6.54 Å². The van der Waals surface area contributed by atoms with Gasteiger partial charge in [-0.25, -0.2) is 4.98 Å². The maximum atomic E-state index is 4.62.